The number of rotatable bonds is 4. The fourth-order valence-corrected chi connectivity index (χ4v) is 6.58. The smallest absolute Gasteiger partial charge is 0.160 e. The average Bonchev–Trinajstić information content (AvgIpc) is 3.24. The lowest BCUT2D eigenvalue weighted by molar-refractivity contribution is 0.0803. The maximum absolute atomic E-state index is 10.3. The predicted molar refractivity (Wildman–Crippen MR) is 135 cm³/mol. The number of aromatic amines is 1. The third kappa shape index (κ3) is 4.10. The number of H-pyrrole nitrogens is 1. The van der Waals surface area contributed by atoms with Crippen molar-refractivity contribution in [3.05, 3.63) is 41.6 Å². The average molecular weight is 461 g/mol. The predicted octanol–water partition coefficient (Wildman–Crippen LogP) is 3.71. The Balaban J connectivity index is 1.19. The second-order valence-electron chi connectivity index (χ2n) is 10.4. The number of nitrogens with one attached hydrogen (secondary N) is 2. The lowest BCUT2D eigenvalue weighted by Gasteiger charge is -2.43. The van der Waals surface area contributed by atoms with Gasteiger partial charge in [0.2, 0.25) is 0 Å². The van der Waals surface area contributed by atoms with E-state index in [-0.39, 0.29) is 5.75 Å². The molecule has 34 heavy (non-hydrogen) atoms. The third-order valence-electron chi connectivity index (χ3n) is 8.41. The summed E-state index contributed by atoms with van der Waals surface area (Å²) in [7, 11) is 0. The van der Waals surface area contributed by atoms with Gasteiger partial charge in [-0.25, -0.2) is 0 Å². The highest BCUT2D eigenvalue weighted by Crippen LogP contribution is 2.40. The number of nitrogens with zero attached hydrogens (tertiary/aromatic N) is 4. The van der Waals surface area contributed by atoms with E-state index in [4.69, 9.17) is 0 Å². The first-order valence-corrected chi connectivity index (χ1v) is 13.0. The van der Waals surface area contributed by atoms with E-state index >= 15 is 0 Å². The van der Waals surface area contributed by atoms with Gasteiger partial charge in [-0.1, -0.05) is 12.1 Å². The maximum Gasteiger partial charge on any atom is 0.160 e. The van der Waals surface area contributed by atoms with Crippen LogP contribution in [0.5, 0.6) is 5.75 Å². The summed E-state index contributed by atoms with van der Waals surface area (Å²) in [6.07, 6.45) is 6.34. The molecule has 0 unspecified atom stereocenters. The van der Waals surface area contributed by atoms with E-state index in [1.54, 1.807) is 6.07 Å². The number of piperazine rings is 1. The summed E-state index contributed by atoms with van der Waals surface area (Å²) in [5, 5.41) is 23.8. The van der Waals surface area contributed by atoms with Crippen LogP contribution in [0.25, 0.3) is 22.3 Å². The zero-order valence-electron chi connectivity index (χ0n) is 20.1. The van der Waals surface area contributed by atoms with Crippen LogP contribution in [0.2, 0.25) is 0 Å². The minimum Gasteiger partial charge on any atom is -0.507 e. The van der Waals surface area contributed by atoms with Crippen LogP contribution in [-0.2, 0) is 6.42 Å². The SMILES string of the molecule is C[C@H]1c2c([nH]c3nnc(-c4ccccc4O)cc23)CCN1C1CCC(CN2CCNCC2)CC1. The fraction of sp³-hybridized carbons (Fsp3) is 0.556. The molecular weight excluding hydrogens is 424 g/mol. The zero-order chi connectivity index (χ0) is 23.1. The third-order valence-corrected chi connectivity index (χ3v) is 8.41. The molecule has 7 nitrogen and oxygen atoms in total. The van der Waals surface area contributed by atoms with Crippen molar-refractivity contribution in [1.82, 2.24) is 30.3 Å². The number of aromatic nitrogens is 3. The summed E-state index contributed by atoms with van der Waals surface area (Å²) >= 11 is 0. The summed E-state index contributed by atoms with van der Waals surface area (Å²) in [6.45, 7) is 9.44. The molecule has 4 heterocycles. The summed E-state index contributed by atoms with van der Waals surface area (Å²) < 4.78 is 0. The molecule has 3 N–H and O–H groups in total. The number of benzene rings is 1. The van der Waals surface area contributed by atoms with E-state index in [0.717, 1.165) is 54.3 Å². The highest BCUT2D eigenvalue weighted by atomic mass is 16.3. The number of phenolic OH excluding ortho intramolecular Hbond substituents is 1. The molecule has 2 aliphatic heterocycles. The molecule has 1 saturated carbocycles. The van der Waals surface area contributed by atoms with Gasteiger partial charge in [0, 0.05) is 74.4 Å². The van der Waals surface area contributed by atoms with Crippen molar-refractivity contribution in [1.29, 1.82) is 0 Å². The molecule has 2 fully saturated rings. The molecule has 1 aromatic carbocycles. The summed E-state index contributed by atoms with van der Waals surface area (Å²) in [5.41, 5.74) is 4.99. The Morgan fingerprint density at radius 2 is 1.82 bits per heavy atom. The Kier molecular flexibility index (Phi) is 6.01. The van der Waals surface area contributed by atoms with Gasteiger partial charge < -0.3 is 20.3 Å². The van der Waals surface area contributed by atoms with Crippen molar-refractivity contribution < 1.29 is 5.11 Å². The lowest BCUT2D eigenvalue weighted by Crippen LogP contribution is -2.47. The molecule has 180 valence electrons. The molecule has 7 heteroatoms. The Bertz CT molecular complexity index is 1150. The molecule has 1 atom stereocenters. The number of para-hydroxylation sites is 1. The number of aromatic hydroxyl groups is 1. The van der Waals surface area contributed by atoms with E-state index in [9.17, 15) is 5.11 Å². The Hall–Kier alpha value is -2.48. The minimum atomic E-state index is 0.243. The second-order valence-corrected chi connectivity index (χ2v) is 10.4. The fourth-order valence-electron chi connectivity index (χ4n) is 6.58. The highest BCUT2D eigenvalue weighted by Gasteiger charge is 2.35. The first kappa shape index (κ1) is 22.0. The topological polar surface area (TPSA) is 80.3 Å². The minimum absolute atomic E-state index is 0.243. The standard InChI is InChI=1S/C27H36N6O/c1-18-26-22-16-24(21-4-2-3-5-25(21)34)30-31-27(22)29-23(26)10-13-33(18)20-8-6-19(7-9-20)17-32-14-11-28-12-15-32/h2-5,16,18-20,28,34H,6-15,17H2,1H3,(H,29,31)/t18-,19?,20?/m0/s1. The quantitative estimate of drug-likeness (QED) is 0.551. The van der Waals surface area contributed by atoms with Crippen molar-refractivity contribution in [2.75, 3.05) is 39.3 Å². The van der Waals surface area contributed by atoms with Gasteiger partial charge in [-0.2, -0.15) is 0 Å². The van der Waals surface area contributed by atoms with Crippen LogP contribution >= 0.6 is 0 Å². The van der Waals surface area contributed by atoms with Crippen molar-refractivity contribution >= 4 is 11.0 Å². The Morgan fingerprint density at radius 1 is 1.03 bits per heavy atom. The van der Waals surface area contributed by atoms with E-state index < -0.39 is 0 Å². The van der Waals surface area contributed by atoms with Crippen molar-refractivity contribution in [3.63, 3.8) is 0 Å². The largest absolute Gasteiger partial charge is 0.507 e. The first-order chi connectivity index (χ1) is 16.7. The van der Waals surface area contributed by atoms with Crippen molar-refractivity contribution in [2.45, 2.75) is 51.1 Å². The summed E-state index contributed by atoms with van der Waals surface area (Å²) in [4.78, 5) is 8.95. The van der Waals surface area contributed by atoms with Crippen LogP contribution in [0.15, 0.2) is 30.3 Å². The van der Waals surface area contributed by atoms with Gasteiger partial charge in [0.15, 0.2) is 5.65 Å². The molecule has 1 saturated heterocycles. The van der Waals surface area contributed by atoms with Gasteiger partial charge in [-0.15, -0.1) is 10.2 Å². The van der Waals surface area contributed by atoms with Crippen molar-refractivity contribution in [2.24, 2.45) is 5.92 Å². The molecule has 0 amide bonds. The van der Waals surface area contributed by atoms with Crippen LogP contribution in [0.1, 0.15) is 49.9 Å². The molecule has 3 aliphatic rings. The molecule has 3 aromatic rings. The van der Waals surface area contributed by atoms with E-state index in [1.165, 1.54) is 56.6 Å². The van der Waals surface area contributed by atoms with Crippen LogP contribution in [0.4, 0.5) is 0 Å². The van der Waals surface area contributed by atoms with Crippen LogP contribution < -0.4 is 5.32 Å². The van der Waals surface area contributed by atoms with Gasteiger partial charge in [-0.05, 0) is 62.3 Å². The molecule has 1 aliphatic carbocycles. The molecule has 0 radical (unpaired) electrons. The monoisotopic (exact) mass is 460 g/mol. The van der Waals surface area contributed by atoms with E-state index in [1.807, 2.05) is 18.2 Å². The molecular formula is C27H36N6O. The van der Waals surface area contributed by atoms with Gasteiger partial charge in [-0.3, -0.25) is 4.90 Å². The summed E-state index contributed by atoms with van der Waals surface area (Å²) in [5.74, 6) is 1.10. The normalized spacial score (nSPS) is 26.6. The number of phenols is 1. The first-order valence-electron chi connectivity index (χ1n) is 13.0. The number of hydrogen-bond acceptors (Lipinski definition) is 6. The van der Waals surface area contributed by atoms with Gasteiger partial charge in [0.05, 0.1) is 5.69 Å². The number of hydrogen-bond donors (Lipinski definition) is 3. The molecule has 0 bridgehead atoms. The Labute approximate surface area is 201 Å². The lowest BCUT2D eigenvalue weighted by atomic mass is 9.83. The van der Waals surface area contributed by atoms with Crippen LogP contribution in [-0.4, -0.2) is 75.4 Å². The van der Waals surface area contributed by atoms with E-state index in [2.05, 4.69) is 43.3 Å². The van der Waals surface area contributed by atoms with Gasteiger partial charge in [0.1, 0.15) is 5.75 Å². The van der Waals surface area contributed by atoms with E-state index in [0.29, 0.717) is 12.1 Å². The van der Waals surface area contributed by atoms with Gasteiger partial charge in [0.25, 0.3) is 0 Å². The molecule has 6 rings (SSSR count). The highest BCUT2D eigenvalue weighted by molar-refractivity contribution is 5.86. The Morgan fingerprint density at radius 3 is 2.62 bits per heavy atom. The summed E-state index contributed by atoms with van der Waals surface area (Å²) in [6, 6.07) is 10.5. The number of fused-ring (bicyclic) bond motifs is 3. The van der Waals surface area contributed by atoms with Crippen LogP contribution in [0.3, 0.4) is 0 Å². The van der Waals surface area contributed by atoms with Crippen LogP contribution in [0, 0.1) is 5.92 Å². The van der Waals surface area contributed by atoms with Gasteiger partial charge >= 0.3 is 0 Å². The zero-order valence-corrected chi connectivity index (χ0v) is 20.1. The second kappa shape index (κ2) is 9.29. The van der Waals surface area contributed by atoms with Crippen molar-refractivity contribution in [3.8, 4) is 17.0 Å². The maximum atomic E-state index is 10.3. The molecule has 0 spiro atoms. The molecule has 2 aromatic heterocycles.